The normalized spacial score (nSPS) is 12.8. The Bertz CT molecular complexity index is 819. The molecule has 0 fully saturated rings. The molecular weight excluding hydrogens is 398 g/mol. The molecule has 7 nitrogen and oxygen atoms in total. The molecule has 0 aliphatic heterocycles. The first-order valence-corrected chi connectivity index (χ1v) is 11.4. The number of anilines is 2. The minimum atomic E-state index is -0.587. The summed E-state index contributed by atoms with van der Waals surface area (Å²) < 4.78 is 0. The Morgan fingerprint density at radius 3 is 2.40 bits per heavy atom. The van der Waals surface area contributed by atoms with Crippen molar-refractivity contribution >= 4 is 34.0 Å². The Morgan fingerprint density at radius 1 is 1.10 bits per heavy atom. The van der Waals surface area contributed by atoms with Crippen molar-refractivity contribution in [1.82, 2.24) is 15.5 Å². The van der Waals surface area contributed by atoms with Gasteiger partial charge in [0.25, 0.3) is 0 Å². The van der Waals surface area contributed by atoms with E-state index >= 15 is 0 Å². The summed E-state index contributed by atoms with van der Waals surface area (Å²) in [4.78, 5) is 27.1. The Hall–Kier alpha value is -2.48. The maximum atomic E-state index is 12.9. The Kier molecular flexibility index (Phi) is 9.23. The lowest BCUT2D eigenvalue weighted by atomic mass is 9.98. The summed E-state index contributed by atoms with van der Waals surface area (Å²) in [5.74, 6) is -0.312. The van der Waals surface area contributed by atoms with E-state index in [0.717, 1.165) is 41.9 Å². The standard InChI is InChI=1S/C22H33N5O2S/c1-6-8-9-10-18(28)23-19(15(3)7-2)20(29)24-22-26-25-21(30-22)16-11-13-17(14-12-16)27(4)5/h11-15,19H,6-10H2,1-5H3,(H,23,28)(H,24,26,29)/t15-,19-/m1/s1. The first kappa shape index (κ1) is 23.8. The van der Waals surface area contributed by atoms with Crippen molar-refractivity contribution < 1.29 is 9.59 Å². The lowest BCUT2D eigenvalue weighted by Gasteiger charge is -2.23. The highest BCUT2D eigenvalue weighted by atomic mass is 32.1. The highest BCUT2D eigenvalue weighted by molar-refractivity contribution is 7.18. The summed E-state index contributed by atoms with van der Waals surface area (Å²) in [5, 5.41) is 15.2. The van der Waals surface area contributed by atoms with Gasteiger partial charge < -0.3 is 10.2 Å². The number of hydrogen-bond donors (Lipinski definition) is 2. The fraction of sp³-hybridized carbons (Fsp3) is 0.545. The number of hydrogen-bond acceptors (Lipinski definition) is 6. The smallest absolute Gasteiger partial charge is 0.249 e. The average Bonchev–Trinajstić information content (AvgIpc) is 3.20. The van der Waals surface area contributed by atoms with E-state index in [0.29, 0.717) is 11.6 Å². The van der Waals surface area contributed by atoms with Crippen molar-refractivity contribution in [1.29, 1.82) is 0 Å². The Morgan fingerprint density at radius 2 is 1.80 bits per heavy atom. The largest absolute Gasteiger partial charge is 0.378 e. The van der Waals surface area contributed by atoms with Gasteiger partial charge >= 0.3 is 0 Å². The summed E-state index contributed by atoms with van der Waals surface area (Å²) >= 11 is 1.32. The highest BCUT2D eigenvalue weighted by Gasteiger charge is 2.26. The van der Waals surface area contributed by atoms with Gasteiger partial charge in [0.05, 0.1) is 0 Å². The molecule has 2 aromatic rings. The van der Waals surface area contributed by atoms with Gasteiger partial charge in [-0.3, -0.25) is 14.9 Å². The summed E-state index contributed by atoms with van der Waals surface area (Å²) in [6.07, 6.45) is 4.13. The van der Waals surface area contributed by atoms with Crippen LogP contribution < -0.4 is 15.5 Å². The Labute approximate surface area is 183 Å². The molecule has 2 N–H and O–H groups in total. The topological polar surface area (TPSA) is 87.2 Å². The molecule has 8 heteroatoms. The van der Waals surface area contributed by atoms with E-state index in [1.807, 2.05) is 57.1 Å². The van der Waals surface area contributed by atoms with Gasteiger partial charge in [-0.15, -0.1) is 10.2 Å². The zero-order valence-corrected chi connectivity index (χ0v) is 19.4. The van der Waals surface area contributed by atoms with Gasteiger partial charge in [0.1, 0.15) is 11.0 Å². The fourth-order valence-electron chi connectivity index (χ4n) is 2.96. The maximum absolute atomic E-state index is 12.9. The summed E-state index contributed by atoms with van der Waals surface area (Å²) in [6, 6.07) is 7.42. The Balaban J connectivity index is 2.04. The molecular formula is C22H33N5O2S. The van der Waals surface area contributed by atoms with Crippen LogP contribution in [0.2, 0.25) is 0 Å². The molecule has 0 saturated carbocycles. The molecule has 0 saturated heterocycles. The van der Waals surface area contributed by atoms with Crippen LogP contribution in [0, 0.1) is 5.92 Å². The van der Waals surface area contributed by atoms with Crippen molar-refractivity contribution in [3.63, 3.8) is 0 Å². The lowest BCUT2D eigenvalue weighted by molar-refractivity contribution is -0.127. The molecule has 1 heterocycles. The molecule has 0 spiro atoms. The van der Waals surface area contributed by atoms with Gasteiger partial charge in [0.15, 0.2) is 0 Å². The second-order valence-electron chi connectivity index (χ2n) is 7.73. The van der Waals surface area contributed by atoms with Crippen molar-refractivity contribution in [2.45, 2.75) is 58.9 Å². The number of benzene rings is 1. The van der Waals surface area contributed by atoms with Gasteiger partial charge in [-0.1, -0.05) is 51.4 Å². The van der Waals surface area contributed by atoms with E-state index in [-0.39, 0.29) is 17.7 Å². The zero-order chi connectivity index (χ0) is 22.1. The van der Waals surface area contributed by atoms with E-state index in [1.165, 1.54) is 11.3 Å². The number of nitrogens with zero attached hydrogens (tertiary/aromatic N) is 3. The van der Waals surface area contributed by atoms with Crippen LogP contribution in [0.3, 0.4) is 0 Å². The van der Waals surface area contributed by atoms with E-state index in [2.05, 4.69) is 27.8 Å². The van der Waals surface area contributed by atoms with Crippen LogP contribution >= 0.6 is 11.3 Å². The predicted octanol–water partition coefficient (Wildman–Crippen LogP) is 4.32. The van der Waals surface area contributed by atoms with Gasteiger partial charge in [-0.2, -0.15) is 0 Å². The number of unbranched alkanes of at least 4 members (excludes halogenated alkanes) is 2. The van der Waals surface area contributed by atoms with Crippen molar-refractivity contribution in [3.05, 3.63) is 24.3 Å². The number of rotatable bonds is 11. The third-order valence-electron chi connectivity index (χ3n) is 5.11. The molecule has 1 aromatic heterocycles. The third-order valence-corrected chi connectivity index (χ3v) is 5.99. The summed E-state index contributed by atoms with van der Waals surface area (Å²) in [7, 11) is 3.98. The number of amides is 2. The first-order chi connectivity index (χ1) is 14.3. The van der Waals surface area contributed by atoms with Crippen LogP contribution in [0.4, 0.5) is 10.8 Å². The summed E-state index contributed by atoms with van der Waals surface area (Å²) in [6.45, 7) is 6.07. The maximum Gasteiger partial charge on any atom is 0.249 e. The van der Waals surface area contributed by atoms with E-state index < -0.39 is 6.04 Å². The van der Waals surface area contributed by atoms with Crippen LogP contribution in [-0.2, 0) is 9.59 Å². The number of carbonyl (C=O) groups is 2. The average molecular weight is 432 g/mol. The third kappa shape index (κ3) is 6.79. The molecule has 2 atom stereocenters. The fourth-order valence-corrected chi connectivity index (χ4v) is 3.71. The van der Waals surface area contributed by atoms with Gasteiger partial charge in [-0.05, 0) is 36.6 Å². The first-order valence-electron chi connectivity index (χ1n) is 10.6. The van der Waals surface area contributed by atoms with Crippen LogP contribution in [0.25, 0.3) is 10.6 Å². The van der Waals surface area contributed by atoms with Gasteiger partial charge in [0.2, 0.25) is 16.9 Å². The van der Waals surface area contributed by atoms with Crippen LogP contribution in [0.1, 0.15) is 52.9 Å². The predicted molar refractivity (Wildman–Crippen MR) is 124 cm³/mol. The number of carbonyl (C=O) groups excluding carboxylic acids is 2. The van der Waals surface area contributed by atoms with E-state index in [4.69, 9.17) is 0 Å². The van der Waals surface area contributed by atoms with Crippen LogP contribution in [-0.4, -0.2) is 42.1 Å². The molecule has 30 heavy (non-hydrogen) atoms. The molecule has 164 valence electrons. The quantitative estimate of drug-likeness (QED) is 0.517. The second-order valence-corrected chi connectivity index (χ2v) is 8.71. The van der Waals surface area contributed by atoms with E-state index in [9.17, 15) is 9.59 Å². The zero-order valence-electron chi connectivity index (χ0n) is 18.6. The number of aromatic nitrogens is 2. The van der Waals surface area contributed by atoms with Crippen LogP contribution in [0.15, 0.2) is 24.3 Å². The lowest BCUT2D eigenvalue weighted by Crippen LogP contribution is -2.47. The molecule has 2 amide bonds. The van der Waals surface area contributed by atoms with Crippen molar-refractivity contribution in [2.24, 2.45) is 5.92 Å². The molecule has 2 rings (SSSR count). The van der Waals surface area contributed by atoms with Gasteiger partial charge in [-0.25, -0.2) is 0 Å². The minimum Gasteiger partial charge on any atom is -0.378 e. The van der Waals surface area contributed by atoms with Crippen LogP contribution in [0.5, 0.6) is 0 Å². The minimum absolute atomic E-state index is 0.0195. The number of nitrogens with one attached hydrogen (secondary N) is 2. The molecule has 0 aliphatic rings. The second kappa shape index (κ2) is 11.6. The van der Waals surface area contributed by atoms with Gasteiger partial charge in [0, 0.05) is 31.8 Å². The molecule has 0 aliphatic carbocycles. The molecule has 0 bridgehead atoms. The molecule has 0 unspecified atom stereocenters. The summed E-state index contributed by atoms with van der Waals surface area (Å²) in [5.41, 5.74) is 2.05. The van der Waals surface area contributed by atoms with E-state index in [1.54, 1.807) is 0 Å². The molecule has 0 radical (unpaired) electrons. The highest BCUT2D eigenvalue weighted by Crippen LogP contribution is 2.28. The van der Waals surface area contributed by atoms with Crippen molar-refractivity contribution in [3.8, 4) is 10.6 Å². The molecule has 1 aromatic carbocycles. The monoisotopic (exact) mass is 431 g/mol. The van der Waals surface area contributed by atoms with Crippen molar-refractivity contribution in [2.75, 3.05) is 24.3 Å². The SMILES string of the molecule is CCCCCC(=O)N[C@@H](C(=O)Nc1nnc(-c2ccc(N(C)C)cc2)s1)[C@H](C)CC.